The van der Waals surface area contributed by atoms with Gasteiger partial charge in [-0.25, -0.2) is 0 Å². The van der Waals surface area contributed by atoms with E-state index in [1.165, 1.54) is 116 Å². The van der Waals surface area contributed by atoms with Crippen LogP contribution in [0.4, 0.5) is 0 Å². The smallest absolute Gasteiger partial charge is 0.220 e. The summed E-state index contributed by atoms with van der Waals surface area (Å²) < 4.78 is 0. The summed E-state index contributed by atoms with van der Waals surface area (Å²) in [7, 11) is 0. The summed E-state index contributed by atoms with van der Waals surface area (Å²) in [5.41, 5.74) is 0. The molecule has 0 aliphatic heterocycles. The van der Waals surface area contributed by atoms with Crippen LogP contribution in [-0.2, 0) is 4.79 Å². The van der Waals surface area contributed by atoms with Gasteiger partial charge in [-0.1, -0.05) is 264 Å². The topological polar surface area (TPSA) is 69.6 Å². The maximum absolute atomic E-state index is 12.5. The summed E-state index contributed by atoms with van der Waals surface area (Å²) in [5, 5.41) is 23.2. The Balaban J connectivity index is 3.61. The number of allylic oxidation sites excluding steroid dienone is 20. The van der Waals surface area contributed by atoms with Crippen LogP contribution in [0.3, 0.4) is 0 Å². The summed E-state index contributed by atoms with van der Waals surface area (Å²) in [5.74, 6) is -0.0446. The van der Waals surface area contributed by atoms with Crippen LogP contribution in [0, 0.1) is 0 Å². The van der Waals surface area contributed by atoms with Crippen LogP contribution in [0.1, 0.15) is 239 Å². The van der Waals surface area contributed by atoms with E-state index in [4.69, 9.17) is 0 Å². The molecule has 3 N–H and O–H groups in total. The Morgan fingerprint density at radius 1 is 0.385 bits per heavy atom. The minimum atomic E-state index is -0.670. The minimum absolute atomic E-state index is 0.0446. The quantitative estimate of drug-likeness (QED) is 0.0421. The van der Waals surface area contributed by atoms with Gasteiger partial charge in [-0.3, -0.25) is 4.79 Å². The van der Waals surface area contributed by atoms with Crippen LogP contribution in [0.15, 0.2) is 122 Å². The fraction of sp³-hybridized carbons (Fsp3) is 0.656. The van der Waals surface area contributed by atoms with Crippen molar-refractivity contribution >= 4 is 5.91 Å². The van der Waals surface area contributed by atoms with Crippen LogP contribution in [0.2, 0.25) is 0 Å². The summed E-state index contributed by atoms with van der Waals surface area (Å²) >= 11 is 0. The Kier molecular flexibility index (Phi) is 52.4. The highest BCUT2D eigenvalue weighted by Crippen LogP contribution is 2.15. The number of rotatable bonds is 48. The predicted octanol–water partition coefficient (Wildman–Crippen LogP) is 18.1. The molecule has 0 heterocycles. The fourth-order valence-corrected chi connectivity index (χ4v) is 7.62. The largest absolute Gasteiger partial charge is 0.394 e. The number of hydrogen-bond acceptors (Lipinski definition) is 3. The zero-order chi connectivity index (χ0) is 47.0. The van der Waals surface area contributed by atoms with E-state index in [2.05, 4.69) is 141 Å². The van der Waals surface area contributed by atoms with Crippen LogP contribution in [-0.4, -0.2) is 34.9 Å². The number of carbonyl (C=O) groups excluding carboxylic acids is 1. The molecule has 4 heteroatoms. The Labute approximate surface area is 403 Å². The first kappa shape index (κ1) is 61.8. The van der Waals surface area contributed by atoms with Crippen LogP contribution < -0.4 is 5.32 Å². The van der Waals surface area contributed by atoms with Gasteiger partial charge in [-0.15, -0.1) is 0 Å². The Morgan fingerprint density at radius 3 is 1.02 bits per heavy atom. The van der Waals surface area contributed by atoms with Crippen molar-refractivity contribution in [1.29, 1.82) is 0 Å². The molecule has 0 rings (SSSR count). The van der Waals surface area contributed by atoms with E-state index in [0.717, 1.165) is 96.3 Å². The second kappa shape index (κ2) is 55.1. The third-order valence-corrected chi connectivity index (χ3v) is 11.7. The van der Waals surface area contributed by atoms with Crippen LogP contribution in [0.5, 0.6) is 0 Å². The lowest BCUT2D eigenvalue weighted by atomic mass is 10.0. The van der Waals surface area contributed by atoms with Gasteiger partial charge in [0.1, 0.15) is 0 Å². The molecule has 0 aliphatic rings. The van der Waals surface area contributed by atoms with Crippen molar-refractivity contribution in [3.63, 3.8) is 0 Å². The second-order valence-corrected chi connectivity index (χ2v) is 17.9. The molecule has 1 amide bonds. The van der Waals surface area contributed by atoms with E-state index in [1.807, 2.05) is 0 Å². The Bertz CT molecular complexity index is 1290. The molecular weight excluding hydrogens is 795 g/mol. The normalized spacial score (nSPS) is 13.8. The predicted molar refractivity (Wildman–Crippen MR) is 289 cm³/mol. The average molecular weight is 898 g/mol. The zero-order valence-corrected chi connectivity index (χ0v) is 42.5. The van der Waals surface area contributed by atoms with Gasteiger partial charge >= 0.3 is 0 Å². The molecule has 0 bridgehead atoms. The molecule has 4 nitrogen and oxygen atoms in total. The number of hydrogen-bond donors (Lipinski definition) is 3. The number of nitrogens with one attached hydrogen (secondary N) is 1. The van der Waals surface area contributed by atoms with Crippen LogP contribution in [0.25, 0.3) is 0 Å². The van der Waals surface area contributed by atoms with Gasteiger partial charge in [0, 0.05) is 6.42 Å². The SMILES string of the molecule is CC/C=C\C/C=C\C/C=C\C/C=C\C/C=C\C/C=C\C/C=C\C/C=C\C/C=C\C/C=C\CCCCCCCCCCC(=O)NC(CO)C(O)CCCCCCCCCCCCCCCC. The lowest BCUT2D eigenvalue weighted by Crippen LogP contribution is -2.45. The minimum Gasteiger partial charge on any atom is -0.394 e. The molecule has 0 radical (unpaired) electrons. The van der Waals surface area contributed by atoms with Crippen LogP contribution >= 0.6 is 0 Å². The lowest BCUT2D eigenvalue weighted by molar-refractivity contribution is -0.123. The van der Waals surface area contributed by atoms with Crippen molar-refractivity contribution in [2.24, 2.45) is 0 Å². The van der Waals surface area contributed by atoms with Crippen molar-refractivity contribution in [3.8, 4) is 0 Å². The molecule has 0 aromatic carbocycles. The monoisotopic (exact) mass is 898 g/mol. The van der Waals surface area contributed by atoms with E-state index in [-0.39, 0.29) is 12.5 Å². The van der Waals surface area contributed by atoms with E-state index in [1.54, 1.807) is 0 Å². The fourth-order valence-electron chi connectivity index (χ4n) is 7.62. The molecule has 2 atom stereocenters. The molecule has 0 saturated heterocycles. The first-order valence-corrected chi connectivity index (χ1v) is 27.2. The molecule has 65 heavy (non-hydrogen) atoms. The van der Waals surface area contributed by atoms with Crippen molar-refractivity contribution in [3.05, 3.63) is 122 Å². The number of amides is 1. The van der Waals surface area contributed by atoms with E-state index < -0.39 is 12.1 Å². The standard InChI is InChI=1S/C61H103NO3/c1-3-5-7-9-11-13-15-17-19-20-21-22-23-24-25-26-27-28-29-30-31-32-33-34-35-36-37-38-39-40-41-42-43-45-47-49-51-53-55-57-61(65)62-59(58-63)60(64)56-54-52-50-48-46-44-18-16-14-12-10-8-6-4-2/h5,7,11,13,17,19,21-22,24-25,27-28,30-31,33-34,36-37,39-40,59-60,63-64H,3-4,6,8-10,12,14-16,18,20,23,26,29,32,35,38,41-58H2,1-2H3,(H,62,65)/b7-5-,13-11-,19-17-,22-21-,25-24-,28-27-,31-30-,34-33-,37-36-,40-39-. The average Bonchev–Trinajstić information content (AvgIpc) is 3.31. The molecular formula is C61H103NO3. The maximum atomic E-state index is 12.5. The molecule has 370 valence electrons. The van der Waals surface area contributed by atoms with Gasteiger partial charge in [0.05, 0.1) is 18.8 Å². The first-order valence-electron chi connectivity index (χ1n) is 27.2. The summed E-state index contributed by atoms with van der Waals surface area (Å²) in [6.45, 7) is 4.23. The van der Waals surface area contributed by atoms with E-state index in [9.17, 15) is 15.0 Å². The zero-order valence-electron chi connectivity index (χ0n) is 42.5. The summed E-state index contributed by atoms with van der Waals surface area (Å²) in [4.78, 5) is 12.5. The third kappa shape index (κ3) is 51.6. The second-order valence-electron chi connectivity index (χ2n) is 17.9. The molecule has 2 unspecified atom stereocenters. The highest BCUT2D eigenvalue weighted by molar-refractivity contribution is 5.76. The van der Waals surface area contributed by atoms with Gasteiger partial charge in [0.25, 0.3) is 0 Å². The number of unbranched alkanes of at least 4 members (excludes halogenated alkanes) is 21. The Morgan fingerprint density at radius 2 is 0.677 bits per heavy atom. The Hall–Kier alpha value is -3.21. The third-order valence-electron chi connectivity index (χ3n) is 11.7. The maximum Gasteiger partial charge on any atom is 0.220 e. The molecule has 0 aromatic rings. The van der Waals surface area contributed by atoms with Gasteiger partial charge in [-0.05, 0) is 89.9 Å². The molecule has 0 aromatic heterocycles. The van der Waals surface area contributed by atoms with Gasteiger partial charge in [0.2, 0.25) is 5.91 Å². The summed E-state index contributed by atoms with van der Waals surface area (Å²) in [6.07, 6.45) is 84.5. The van der Waals surface area contributed by atoms with Gasteiger partial charge in [-0.2, -0.15) is 0 Å². The molecule has 0 fully saturated rings. The summed E-state index contributed by atoms with van der Waals surface area (Å²) in [6, 6.07) is -0.548. The van der Waals surface area contributed by atoms with E-state index >= 15 is 0 Å². The molecule has 0 saturated carbocycles. The van der Waals surface area contributed by atoms with Gasteiger partial charge < -0.3 is 15.5 Å². The number of carbonyl (C=O) groups is 1. The van der Waals surface area contributed by atoms with Gasteiger partial charge in [0.15, 0.2) is 0 Å². The molecule has 0 aliphatic carbocycles. The van der Waals surface area contributed by atoms with Crippen molar-refractivity contribution in [2.75, 3.05) is 6.61 Å². The first-order chi connectivity index (χ1) is 32.2. The van der Waals surface area contributed by atoms with Crippen molar-refractivity contribution in [2.45, 2.75) is 251 Å². The number of aliphatic hydroxyl groups is 2. The highest BCUT2D eigenvalue weighted by Gasteiger charge is 2.20. The molecule has 0 spiro atoms. The van der Waals surface area contributed by atoms with E-state index in [0.29, 0.717) is 12.8 Å². The van der Waals surface area contributed by atoms with Crippen molar-refractivity contribution < 1.29 is 15.0 Å². The highest BCUT2D eigenvalue weighted by atomic mass is 16.3. The van der Waals surface area contributed by atoms with Crippen molar-refractivity contribution in [1.82, 2.24) is 5.32 Å². The lowest BCUT2D eigenvalue weighted by Gasteiger charge is -2.22. The number of aliphatic hydroxyl groups excluding tert-OH is 2.